The lowest BCUT2D eigenvalue weighted by Gasteiger charge is -2.06. The smallest absolute Gasteiger partial charge is 0.308 e. The van der Waals surface area contributed by atoms with Gasteiger partial charge in [0.2, 0.25) is 0 Å². The van der Waals surface area contributed by atoms with Gasteiger partial charge >= 0.3 is 5.97 Å². The number of aromatic nitrogens is 2. The molecule has 0 aliphatic carbocycles. The van der Waals surface area contributed by atoms with E-state index in [4.69, 9.17) is 10.8 Å². The number of aliphatic carboxylic acids is 1. The topological polar surface area (TPSA) is 109 Å². The molecule has 0 amide bonds. The SMILES string of the molecule is CCc1ccc(-c2nc(N)c(CC(=O)O)c(=O)[nH]2)cc1. The fraction of sp³-hybridized carbons (Fsp3) is 0.214. The van der Waals surface area contributed by atoms with Crippen LogP contribution in [0.5, 0.6) is 0 Å². The number of carboxylic acids is 1. The highest BCUT2D eigenvalue weighted by molar-refractivity contribution is 5.72. The Bertz CT molecular complexity index is 690. The van der Waals surface area contributed by atoms with Crippen molar-refractivity contribution >= 4 is 11.8 Å². The first-order valence-corrected chi connectivity index (χ1v) is 6.21. The summed E-state index contributed by atoms with van der Waals surface area (Å²) < 4.78 is 0. The van der Waals surface area contributed by atoms with Gasteiger partial charge in [-0.25, -0.2) is 4.98 Å². The quantitative estimate of drug-likeness (QED) is 0.775. The van der Waals surface area contributed by atoms with E-state index in [0.29, 0.717) is 5.82 Å². The Morgan fingerprint density at radius 3 is 2.50 bits per heavy atom. The molecule has 4 N–H and O–H groups in total. The number of aromatic amines is 1. The normalized spacial score (nSPS) is 10.4. The Morgan fingerprint density at radius 2 is 2.00 bits per heavy atom. The van der Waals surface area contributed by atoms with Gasteiger partial charge in [0.1, 0.15) is 11.6 Å². The van der Waals surface area contributed by atoms with Crippen LogP contribution in [-0.2, 0) is 17.6 Å². The molecule has 0 aliphatic heterocycles. The number of rotatable bonds is 4. The largest absolute Gasteiger partial charge is 0.481 e. The van der Waals surface area contributed by atoms with Crippen LogP contribution in [0.4, 0.5) is 5.82 Å². The maximum atomic E-state index is 11.9. The van der Waals surface area contributed by atoms with E-state index in [0.717, 1.165) is 12.0 Å². The molecule has 0 aliphatic rings. The van der Waals surface area contributed by atoms with E-state index < -0.39 is 17.9 Å². The average molecular weight is 273 g/mol. The van der Waals surface area contributed by atoms with E-state index in [-0.39, 0.29) is 11.4 Å². The van der Waals surface area contributed by atoms with Crippen molar-refractivity contribution in [2.75, 3.05) is 5.73 Å². The minimum atomic E-state index is -1.12. The summed E-state index contributed by atoms with van der Waals surface area (Å²) >= 11 is 0. The van der Waals surface area contributed by atoms with Gasteiger partial charge in [0.05, 0.1) is 12.0 Å². The number of nitrogens with zero attached hydrogens (tertiary/aromatic N) is 1. The number of hydrogen-bond acceptors (Lipinski definition) is 4. The van der Waals surface area contributed by atoms with Gasteiger partial charge < -0.3 is 15.8 Å². The van der Waals surface area contributed by atoms with Crippen molar-refractivity contribution in [1.29, 1.82) is 0 Å². The molecule has 2 aromatic rings. The summed E-state index contributed by atoms with van der Waals surface area (Å²) in [6.07, 6.45) is 0.479. The monoisotopic (exact) mass is 273 g/mol. The van der Waals surface area contributed by atoms with Crippen molar-refractivity contribution in [3.05, 3.63) is 45.7 Å². The van der Waals surface area contributed by atoms with E-state index in [1.54, 1.807) is 0 Å². The van der Waals surface area contributed by atoms with Gasteiger partial charge in [0, 0.05) is 5.56 Å². The highest BCUT2D eigenvalue weighted by atomic mass is 16.4. The molecular formula is C14H15N3O3. The molecule has 2 rings (SSSR count). The van der Waals surface area contributed by atoms with Crippen LogP contribution in [0.1, 0.15) is 18.1 Å². The molecule has 0 unspecified atom stereocenters. The summed E-state index contributed by atoms with van der Waals surface area (Å²) in [5.74, 6) is -0.834. The molecule has 0 saturated carbocycles. The van der Waals surface area contributed by atoms with E-state index in [9.17, 15) is 9.59 Å². The molecular weight excluding hydrogens is 258 g/mol. The Morgan fingerprint density at radius 1 is 1.35 bits per heavy atom. The number of aryl methyl sites for hydroxylation is 1. The Balaban J connectivity index is 2.43. The van der Waals surface area contributed by atoms with Gasteiger partial charge in [-0.2, -0.15) is 0 Å². The van der Waals surface area contributed by atoms with Crippen LogP contribution in [0, 0.1) is 0 Å². The Hall–Kier alpha value is -2.63. The summed E-state index contributed by atoms with van der Waals surface area (Å²) in [5, 5.41) is 8.72. The number of carboxylic acid groups (broad SMARTS) is 1. The summed E-state index contributed by atoms with van der Waals surface area (Å²) in [6.45, 7) is 2.05. The van der Waals surface area contributed by atoms with Crippen LogP contribution in [0.25, 0.3) is 11.4 Å². The predicted molar refractivity (Wildman–Crippen MR) is 75.4 cm³/mol. The number of carbonyl (C=O) groups is 1. The molecule has 0 atom stereocenters. The summed E-state index contributed by atoms with van der Waals surface area (Å²) in [5.41, 5.74) is 7.03. The first-order valence-electron chi connectivity index (χ1n) is 6.21. The number of benzene rings is 1. The first-order chi connectivity index (χ1) is 9.51. The molecule has 0 fully saturated rings. The zero-order valence-electron chi connectivity index (χ0n) is 11.0. The van der Waals surface area contributed by atoms with Crippen molar-refractivity contribution in [3.63, 3.8) is 0 Å². The molecule has 0 radical (unpaired) electrons. The lowest BCUT2D eigenvalue weighted by atomic mass is 10.1. The lowest BCUT2D eigenvalue weighted by molar-refractivity contribution is -0.136. The van der Waals surface area contributed by atoms with Crippen LogP contribution in [-0.4, -0.2) is 21.0 Å². The number of nitrogen functional groups attached to an aromatic ring is 1. The molecule has 0 spiro atoms. The maximum Gasteiger partial charge on any atom is 0.308 e. The standard InChI is InChI=1S/C14H15N3O3/c1-2-8-3-5-9(6-4-8)13-16-12(15)10(7-11(18)19)14(20)17-13/h3-6H,2,7H2,1H3,(H,18,19)(H3,15,16,17,20). The van der Waals surface area contributed by atoms with E-state index in [1.807, 2.05) is 31.2 Å². The fourth-order valence-corrected chi connectivity index (χ4v) is 1.87. The van der Waals surface area contributed by atoms with Gasteiger partial charge in [-0.05, 0) is 12.0 Å². The molecule has 0 bridgehead atoms. The molecule has 20 heavy (non-hydrogen) atoms. The van der Waals surface area contributed by atoms with Crippen LogP contribution >= 0.6 is 0 Å². The average Bonchev–Trinajstić information content (AvgIpc) is 2.42. The second kappa shape index (κ2) is 5.56. The molecule has 1 aromatic heterocycles. The Kier molecular flexibility index (Phi) is 3.84. The van der Waals surface area contributed by atoms with E-state index in [1.165, 1.54) is 5.56 Å². The molecule has 104 valence electrons. The lowest BCUT2D eigenvalue weighted by Crippen LogP contribution is -2.21. The molecule has 6 nitrogen and oxygen atoms in total. The third-order valence-corrected chi connectivity index (χ3v) is 3.01. The van der Waals surface area contributed by atoms with Crippen LogP contribution in [0.3, 0.4) is 0 Å². The summed E-state index contributed by atoms with van der Waals surface area (Å²) in [7, 11) is 0. The highest BCUT2D eigenvalue weighted by Gasteiger charge is 2.13. The van der Waals surface area contributed by atoms with Crippen LogP contribution < -0.4 is 11.3 Å². The van der Waals surface area contributed by atoms with Crippen molar-refractivity contribution in [1.82, 2.24) is 9.97 Å². The summed E-state index contributed by atoms with van der Waals surface area (Å²) in [4.78, 5) is 29.2. The second-order valence-electron chi connectivity index (χ2n) is 4.40. The number of nitrogens with one attached hydrogen (secondary N) is 1. The van der Waals surface area contributed by atoms with Crippen LogP contribution in [0.2, 0.25) is 0 Å². The Labute approximate surface area is 115 Å². The van der Waals surface area contributed by atoms with Crippen LogP contribution in [0.15, 0.2) is 29.1 Å². The second-order valence-corrected chi connectivity index (χ2v) is 4.40. The van der Waals surface area contributed by atoms with Crippen molar-refractivity contribution in [3.8, 4) is 11.4 Å². The van der Waals surface area contributed by atoms with Gasteiger partial charge in [0.25, 0.3) is 5.56 Å². The number of hydrogen-bond donors (Lipinski definition) is 3. The van der Waals surface area contributed by atoms with Gasteiger partial charge in [-0.15, -0.1) is 0 Å². The molecule has 6 heteroatoms. The summed E-state index contributed by atoms with van der Waals surface area (Å²) in [6, 6.07) is 7.56. The minimum absolute atomic E-state index is 0.0218. The number of nitrogens with two attached hydrogens (primary N) is 1. The van der Waals surface area contributed by atoms with E-state index in [2.05, 4.69) is 9.97 Å². The maximum absolute atomic E-state index is 11.9. The molecule has 0 saturated heterocycles. The zero-order chi connectivity index (χ0) is 14.7. The van der Waals surface area contributed by atoms with Gasteiger partial charge in [0.15, 0.2) is 0 Å². The van der Waals surface area contributed by atoms with Gasteiger partial charge in [-0.1, -0.05) is 31.2 Å². The predicted octanol–water partition coefficient (Wildman–Crippen LogP) is 1.21. The third-order valence-electron chi connectivity index (χ3n) is 3.01. The van der Waals surface area contributed by atoms with Crippen molar-refractivity contribution in [2.24, 2.45) is 0 Å². The number of H-pyrrole nitrogens is 1. The molecule has 1 aromatic carbocycles. The number of anilines is 1. The third kappa shape index (κ3) is 2.85. The van der Waals surface area contributed by atoms with Crippen molar-refractivity contribution in [2.45, 2.75) is 19.8 Å². The first kappa shape index (κ1) is 13.8. The van der Waals surface area contributed by atoms with Gasteiger partial charge in [-0.3, -0.25) is 9.59 Å². The van der Waals surface area contributed by atoms with E-state index >= 15 is 0 Å². The fourth-order valence-electron chi connectivity index (χ4n) is 1.87. The molecule has 1 heterocycles. The van der Waals surface area contributed by atoms with Crippen molar-refractivity contribution < 1.29 is 9.90 Å². The minimum Gasteiger partial charge on any atom is -0.481 e. The highest BCUT2D eigenvalue weighted by Crippen LogP contribution is 2.17. The zero-order valence-corrected chi connectivity index (χ0v) is 11.0.